The Labute approximate surface area is 126 Å². The summed E-state index contributed by atoms with van der Waals surface area (Å²) in [6.45, 7) is 4.89. The lowest BCUT2D eigenvalue weighted by molar-refractivity contribution is -0.145. The zero-order valence-electron chi connectivity index (χ0n) is 12.9. The summed E-state index contributed by atoms with van der Waals surface area (Å²) in [7, 11) is 3.85. The summed E-state index contributed by atoms with van der Waals surface area (Å²) in [5.41, 5.74) is -0.195. The highest BCUT2D eigenvalue weighted by molar-refractivity contribution is 5.80. The molecule has 1 fully saturated rings. The van der Waals surface area contributed by atoms with Gasteiger partial charge in [0.25, 0.3) is 0 Å². The van der Waals surface area contributed by atoms with E-state index in [0.29, 0.717) is 6.42 Å². The van der Waals surface area contributed by atoms with Crippen molar-refractivity contribution in [3.8, 4) is 0 Å². The number of hydrogen-bond acceptors (Lipinski definition) is 4. The van der Waals surface area contributed by atoms with Gasteiger partial charge in [0.15, 0.2) is 0 Å². The maximum atomic E-state index is 11.9. The van der Waals surface area contributed by atoms with Crippen LogP contribution < -0.4 is 5.32 Å². The van der Waals surface area contributed by atoms with Gasteiger partial charge in [0.2, 0.25) is 0 Å². The van der Waals surface area contributed by atoms with Gasteiger partial charge in [0.05, 0.1) is 0 Å². The molecule has 1 aliphatic heterocycles. The number of hydrogen-bond donors (Lipinski definition) is 2. The van der Waals surface area contributed by atoms with Crippen molar-refractivity contribution in [3.05, 3.63) is 35.9 Å². The minimum Gasteiger partial charge on any atom is -0.480 e. The molecule has 0 radical (unpaired) electrons. The summed E-state index contributed by atoms with van der Waals surface area (Å²) in [4.78, 5) is 16.5. The molecule has 1 atom stereocenters. The number of carboxylic acid groups (broad SMARTS) is 1. The first-order chi connectivity index (χ1) is 10.1. The Morgan fingerprint density at radius 3 is 2.38 bits per heavy atom. The average Bonchev–Trinajstić information content (AvgIpc) is 2.51. The zero-order chi connectivity index (χ0) is 15.3. The lowest BCUT2D eigenvalue weighted by atomic mass is 9.86. The monoisotopic (exact) mass is 291 g/mol. The molecule has 2 rings (SSSR count). The van der Waals surface area contributed by atoms with Crippen molar-refractivity contribution in [2.24, 2.45) is 0 Å². The molecule has 21 heavy (non-hydrogen) atoms. The normalized spacial score (nSPS) is 20.1. The molecular weight excluding hydrogens is 266 g/mol. The topological polar surface area (TPSA) is 55.8 Å². The third-order valence-corrected chi connectivity index (χ3v) is 4.46. The van der Waals surface area contributed by atoms with Crippen molar-refractivity contribution in [3.63, 3.8) is 0 Å². The molecule has 116 valence electrons. The van der Waals surface area contributed by atoms with Gasteiger partial charge in [-0.1, -0.05) is 30.3 Å². The van der Waals surface area contributed by atoms with E-state index in [0.717, 1.165) is 38.3 Å². The molecule has 0 bridgehead atoms. The first-order valence-corrected chi connectivity index (χ1v) is 7.47. The number of carbonyl (C=O) groups is 1. The van der Waals surface area contributed by atoms with E-state index in [2.05, 4.69) is 22.2 Å². The Hall–Kier alpha value is -1.43. The van der Waals surface area contributed by atoms with Crippen molar-refractivity contribution in [2.75, 3.05) is 46.8 Å². The highest BCUT2D eigenvalue weighted by Crippen LogP contribution is 2.25. The molecule has 0 amide bonds. The van der Waals surface area contributed by atoms with Crippen LogP contribution in [0.25, 0.3) is 0 Å². The second-order valence-corrected chi connectivity index (χ2v) is 5.72. The molecule has 0 saturated carbocycles. The number of rotatable bonds is 6. The second kappa shape index (κ2) is 7.02. The van der Waals surface area contributed by atoms with Crippen LogP contribution in [0.4, 0.5) is 0 Å². The molecule has 1 aliphatic rings. The van der Waals surface area contributed by atoms with Gasteiger partial charge >= 0.3 is 5.97 Å². The minimum atomic E-state index is -1.01. The summed E-state index contributed by atoms with van der Waals surface area (Å²) in [5.74, 6) is -0.815. The number of nitrogens with zero attached hydrogens (tertiary/aromatic N) is 2. The summed E-state index contributed by atoms with van der Waals surface area (Å²) in [6.07, 6.45) is 0.562. The van der Waals surface area contributed by atoms with E-state index in [9.17, 15) is 9.90 Å². The average molecular weight is 291 g/mol. The van der Waals surface area contributed by atoms with Gasteiger partial charge < -0.3 is 20.2 Å². The van der Waals surface area contributed by atoms with E-state index in [-0.39, 0.29) is 0 Å². The Morgan fingerprint density at radius 1 is 1.24 bits per heavy atom. The smallest absolute Gasteiger partial charge is 0.328 e. The van der Waals surface area contributed by atoms with Crippen molar-refractivity contribution in [2.45, 2.75) is 12.0 Å². The van der Waals surface area contributed by atoms with Crippen LogP contribution in [-0.4, -0.2) is 67.7 Å². The lowest BCUT2D eigenvalue weighted by Gasteiger charge is -2.36. The van der Waals surface area contributed by atoms with Gasteiger partial charge in [-0.05, 0) is 26.1 Å². The van der Waals surface area contributed by atoms with Crippen LogP contribution in [0.15, 0.2) is 30.3 Å². The standard InChI is InChI=1S/C16H25N3O2/c1-17-16(15(20)21,14-6-4-3-5-7-14)8-9-19-12-10-18(2)11-13-19/h3-7,17H,8-13H2,1-2H3,(H,20,21). The molecule has 2 N–H and O–H groups in total. The summed E-state index contributed by atoms with van der Waals surface area (Å²) in [6, 6.07) is 9.45. The van der Waals surface area contributed by atoms with Gasteiger partial charge in [0.1, 0.15) is 5.54 Å². The molecule has 1 aromatic rings. The van der Waals surface area contributed by atoms with E-state index < -0.39 is 11.5 Å². The summed E-state index contributed by atoms with van der Waals surface area (Å²) in [5, 5.41) is 12.8. The molecule has 1 saturated heterocycles. The second-order valence-electron chi connectivity index (χ2n) is 5.72. The van der Waals surface area contributed by atoms with Crippen LogP contribution in [0.1, 0.15) is 12.0 Å². The molecule has 0 aromatic heterocycles. The van der Waals surface area contributed by atoms with Gasteiger partial charge in [0, 0.05) is 32.7 Å². The van der Waals surface area contributed by atoms with Crippen LogP contribution in [0, 0.1) is 0 Å². The minimum absolute atomic E-state index is 0.562. The quantitative estimate of drug-likeness (QED) is 0.813. The molecule has 1 heterocycles. The van der Waals surface area contributed by atoms with E-state index in [1.54, 1.807) is 7.05 Å². The van der Waals surface area contributed by atoms with Gasteiger partial charge in [-0.2, -0.15) is 0 Å². The predicted octanol–water partition coefficient (Wildman–Crippen LogP) is 0.823. The lowest BCUT2D eigenvalue weighted by Crippen LogP contribution is -2.51. The Morgan fingerprint density at radius 2 is 1.86 bits per heavy atom. The fourth-order valence-corrected chi connectivity index (χ4v) is 2.87. The number of carboxylic acids is 1. The SMILES string of the molecule is CNC(CCN1CCN(C)CC1)(C(=O)O)c1ccccc1. The van der Waals surface area contributed by atoms with Crippen molar-refractivity contribution >= 4 is 5.97 Å². The Bertz CT molecular complexity index is 458. The van der Waals surface area contributed by atoms with Crippen LogP contribution in [0.3, 0.4) is 0 Å². The molecule has 0 aliphatic carbocycles. The molecule has 5 heteroatoms. The number of aliphatic carboxylic acids is 1. The molecule has 1 aromatic carbocycles. The van der Waals surface area contributed by atoms with E-state index in [1.165, 1.54) is 0 Å². The maximum Gasteiger partial charge on any atom is 0.328 e. The largest absolute Gasteiger partial charge is 0.480 e. The van der Waals surface area contributed by atoms with Gasteiger partial charge in [-0.25, -0.2) is 4.79 Å². The Kier molecular flexibility index (Phi) is 5.33. The Balaban J connectivity index is 2.09. The van der Waals surface area contributed by atoms with Gasteiger partial charge in [-0.15, -0.1) is 0 Å². The van der Waals surface area contributed by atoms with Gasteiger partial charge in [-0.3, -0.25) is 0 Å². The van der Waals surface area contributed by atoms with E-state index >= 15 is 0 Å². The fourth-order valence-electron chi connectivity index (χ4n) is 2.87. The van der Waals surface area contributed by atoms with Crippen LogP contribution in [0.5, 0.6) is 0 Å². The number of nitrogens with one attached hydrogen (secondary N) is 1. The summed E-state index contributed by atoms with van der Waals surface area (Å²) < 4.78 is 0. The molecular formula is C16H25N3O2. The fraction of sp³-hybridized carbons (Fsp3) is 0.562. The maximum absolute atomic E-state index is 11.9. The van der Waals surface area contributed by atoms with Crippen molar-refractivity contribution in [1.29, 1.82) is 0 Å². The highest BCUT2D eigenvalue weighted by Gasteiger charge is 2.38. The van der Waals surface area contributed by atoms with Crippen LogP contribution >= 0.6 is 0 Å². The van der Waals surface area contributed by atoms with Crippen molar-refractivity contribution < 1.29 is 9.90 Å². The van der Waals surface area contributed by atoms with E-state index in [4.69, 9.17) is 0 Å². The molecule has 0 spiro atoms. The first kappa shape index (κ1) is 15.9. The third kappa shape index (κ3) is 3.61. The zero-order valence-corrected chi connectivity index (χ0v) is 12.9. The highest BCUT2D eigenvalue weighted by atomic mass is 16.4. The summed E-state index contributed by atoms with van der Waals surface area (Å²) >= 11 is 0. The number of likely N-dealkylation sites (N-methyl/N-ethyl adjacent to an activating group) is 2. The van der Waals surface area contributed by atoms with Crippen molar-refractivity contribution in [1.82, 2.24) is 15.1 Å². The first-order valence-electron chi connectivity index (χ1n) is 7.47. The van der Waals surface area contributed by atoms with E-state index in [1.807, 2.05) is 30.3 Å². The predicted molar refractivity (Wildman–Crippen MR) is 83.4 cm³/mol. The van der Waals surface area contributed by atoms with Crippen LogP contribution in [-0.2, 0) is 10.3 Å². The molecule has 1 unspecified atom stereocenters. The van der Waals surface area contributed by atoms with Crippen LogP contribution in [0.2, 0.25) is 0 Å². The molecule has 5 nitrogen and oxygen atoms in total. The number of benzene rings is 1. The third-order valence-electron chi connectivity index (χ3n) is 4.46. The number of piperazine rings is 1.